The Hall–Kier alpha value is -0.860. The quantitative estimate of drug-likeness (QED) is 0.813. The van der Waals surface area contributed by atoms with E-state index in [2.05, 4.69) is 24.3 Å². The lowest BCUT2D eigenvalue weighted by Gasteiger charge is -2.20. The molecule has 3 N–H and O–H groups in total. The summed E-state index contributed by atoms with van der Waals surface area (Å²) >= 11 is 0. The highest BCUT2D eigenvalue weighted by molar-refractivity contribution is 5.35. The summed E-state index contributed by atoms with van der Waals surface area (Å²) in [5.74, 6) is 0. The average Bonchev–Trinajstić information content (AvgIpc) is 2.96. The first kappa shape index (κ1) is 11.6. The predicted molar refractivity (Wildman–Crippen MR) is 66.4 cm³/mol. The molecule has 0 radical (unpaired) electrons. The molecule has 1 saturated carbocycles. The second-order valence-electron chi connectivity index (χ2n) is 5.80. The van der Waals surface area contributed by atoms with E-state index in [1.54, 1.807) is 0 Å². The van der Waals surface area contributed by atoms with Crippen LogP contribution in [-0.4, -0.2) is 17.3 Å². The van der Waals surface area contributed by atoms with E-state index in [9.17, 15) is 5.11 Å². The van der Waals surface area contributed by atoms with Gasteiger partial charge in [-0.3, -0.25) is 0 Å². The van der Waals surface area contributed by atoms with Gasteiger partial charge in [0.05, 0.1) is 6.61 Å². The zero-order valence-electron chi connectivity index (χ0n) is 10.2. The Bertz CT molecular complexity index is 375. The number of aliphatic hydroxyl groups excluding tert-OH is 1. The minimum Gasteiger partial charge on any atom is -0.395 e. The highest BCUT2D eigenvalue weighted by Gasteiger charge is 2.43. The lowest BCUT2D eigenvalue weighted by molar-refractivity contribution is 0.255. The molecule has 1 aromatic rings. The van der Waals surface area contributed by atoms with Gasteiger partial charge in [-0.05, 0) is 44.2 Å². The number of benzene rings is 1. The van der Waals surface area contributed by atoms with Crippen LogP contribution in [0.3, 0.4) is 0 Å². The molecule has 0 amide bonds. The van der Waals surface area contributed by atoms with Crippen LogP contribution in [0.5, 0.6) is 0 Å². The molecule has 2 rings (SSSR count). The summed E-state index contributed by atoms with van der Waals surface area (Å²) in [6.07, 6.45) is 3.10. The average molecular weight is 219 g/mol. The highest BCUT2D eigenvalue weighted by atomic mass is 16.3. The maximum atomic E-state index is 9.41. The Labute approximate surface area is 97.5 Å². The maximum Gasteiger partial charge on any atom is 0.0527 e. The first-order valence-electron chi connectivity index (χ1n) is 5.94. The molecule has 1 fully saturated rings. The summed E-state index contributed by atoms with van der Waals surface area (Å²) < 4.78 is 0. The zero-order chi connectivity index (χ0) is 11.8. The van der Waals surface area contributed by atoms with Gasteiger partial charge in [0.15, 0.2) is 0 Å². The number of hydrogen-bond acceptors (Lipinski definition) is 2. The third kappa shape index (κ3) is 2.45. The van der Waals surface area contributed by atoms with Crippen molar-refractivity contribution >= 4 is 0 Å². The minimum atomic E-state index is -0.172. The van der Waals surface area contributed by atoms with E-state index < -0.39 is 0 Å². The van der Waals surface area contributed by atoms with Gasteiger partial charge in [0, 0.05) is 11.0 Å². The van der Waals surface area contributed by atoms with Crippen LogP contribution >= 0.6 is 0 Å². The van der Waals surface area contributed by atoms with Crippen LogP contribution in [0.25, 0.3) is 0 Å². The van der Waals surface area contributed by atoms with Crippen molar-refractivity contribution in [3.63, 3.8) is 0 Å². The molecular weight excluding hydrogens is 198 g/mol. The Morgan fingerprint density at radius 1 is 1.38 bits per heavy atom. The van der Waals surface area contributed by atoms with Gasteiger partial charge in [-0.25, -0.2) is 0 Å². The molecule has 0 unspecified atom stereocenters. The van der Waals surface area contributed by atoms with Gasteiger partial charge in [0.2, 0.25) is 0 Å². The molecule has 2 nitrogen and oxygen atoms in total. The van der Waals surface area contributed by atoms with Crippen LogP contribution in [-0.2, 0) is 11.8 Å². The molecule has 2 heteroatoms. The van der Waals surface area contributed by atoms with E-state index in [1.165, 1.54) is 11.1 Å². The molecule has 0 heterocycles. The normalized spacial score (nSPS) is 18.5. The van der Waals surface area contributed by atoms with Crippen molar-refractivity contribution in [3.05, 3.63) is 35.4 Å². The Balaban J connectivity index is 2.20. The Kier molecular flexibility index (Phi) is 2.81. The second-order valence-corrected chi connectivity index (χ2v) is 5.80. The molecule has 0 aromatic heterocycles. The minimum absolute atomic E-state index is 0.0642. The highest BCUT2D eigenvalue weighted by Crippen LogP contribution is 2.47. The van der Waals surface area contributed by atoms with Crippen LogP contribution in [0, 0.1) is 0 Å². The van der Waals surface area contributed by atoms with E-state index in [-0.39, 0.29) is 17.6 Å². The van der Waals surface area contributed by atoms with Crippen molar-refractivity contribution in [3.8, 4) is 0 Å². The number of aliphatic hydroxyl groups is 1. The largest absolute Gasteiger partial charge is 0.395 e. The molecule has 0 spiro atoms. The van der Waals surface area contributed by atoms with Crippen LogP contribution < -0.4 is 5.73 Å². The Morgan fingerprint density at radius 2 is 2.06 bits per heavy atom. The van der Waals surface area contributed by atoms with Gasteiger partial charge in [-0.15, -0.1) is 0 Å². The summed E-state index contributed by atoms with van der Waals surface area (Å²) in [7, 11) is 0. The lowest BCUT2D eigenvalue weighted by Crippen LogP contribution is -2.34. The van der Waals surface area contributed by atoms with Crippen molar-refractivity contribution in [2.24, 2.45) is 5.73 Å². The van der Waals surface area contributed by atoms with Gasteiger partial charge in [-0.2, -0.15) is 0 Å². The molecule has 1 aromatic carbocycles. The fourth-order valence-electron chi connectivity index (χ4n) is 2.23. The van der Waals surface area contributed by atoms with Gasteiger partial charge in [0.25, 0.3) is 0 Å². The van der Waals surface area contributed by atoms with Gasteiger partial charge in [-0.1, -0.05) is 24.3 Å². The molecule has 0 atom stereocenters. The van der Waals surface area contributed by atoms with Crippen molar-refractivity contribution in [2.45, 2.75) is 44.1 Å². The topological polar surface area (TPSA) is 46.2 Å². The summed E-state index contributed by atoms with van der Waals surface area (Å²) in [5.41, 5.74) is 8.46. The van der Waals surface area contributed by atoms with E-state index in [0.29, 0.717) is 0 Å². The SMILES string of the molecule is CC(C)(N)Cc1cccc(C2(CO)CC2)c1. The third-order valence-electron chi connectivity index (χ3n) is 3.36. The molecule has 0 aliphatic heterocycles. The lowest BCUT2D eigenvalue weighted by atomic mass is 9.91. The molecule has 0 saturated heterocycles. The number of hydrogen-bond donors (Lipinski definition) is 2. The van der Waals surface area contributed by atoms with Crippen molar-refractivity contribution in [2.75, 3.05) is 6.61 Å². The fraction of sp³-hybridized carbons (Fsp3) is 0.571. The standard InChI is InChI=1S/C14H21NO/c1-13(2,15)9-11-4-3-5-12(8-11)14(10-16)6-7-14/h3-5,8,16H,6-7,9-10,15H2,1-2H3. The summed E-state index contributed by atoms with van der Waals surface area (Å²) in [6.45, 7) is 4.35. The number of rotatable bonds is 4. The predicted octanol–water partition coefficient (Wildman–Crippen LogP) is 1.99. The van der Waals surface area contributed by atoms with E-state index in [1.807, 2.05) is 13.8 Å². The van der Waals surface area contributed by atoms with E-state index in [0.717, 1.165) is 19.3 Å². The van der Waals surface area contributed by atoms with Crippen LogP contribution in [0.15, 0.2) is 24.3 Å². The maximum absolute atomic E-state index is 9.41. The van der Waals surface area contributed by atoms with Crippen molar-refractivity contribution in [1.29, 1.82) is 0 Å². The smallest absolute Gasteiger partial charge is 0.0527 e. The van der Waals surface area contributed by atoms with Crippen LogP contribution in [0.2, 0.25) is 0 Å². The molecule has 1 aliphatic carbocycles. The molecule has 16 heavy (non-hydrogen) atoms. The second kappa shape index (κ2) is 3.86. The van der Waals surface area contributed by atoms with E-state index in [4.69, 9.17) is 5.73 Å². The van der Waals surface area contributed by atoms with Crippen LogP contribution in [0.4, 0.5) is 0 Å². The van der Waals surface area contributed by atoms with Crippen LogP contribution in [0.1, 0.15) is 37.8 Å². The van der Waals surface area contributed by atoms with Gasteiger partial charge in [0.1, 0.15) is 0 Å². The third-order valence-corrected chi connectivity index (χ3v) is 3.36. The monoisotopic (exact) mass is 219 g/mol. The van der Waals surface area contributed by atoms with E-state index >= 15 is 0 Å². The fourth-order valence-corrected chi connectivity index (χ4v) is 2.23. The Morgan fingerprint density at radius 3 is 2.56 bits per heavy atom. The molecular formula is C14H21NO. The first-order chi connectivity index (χ1) is 7.45. The zero-order valence-corrected chi connectivity index (χ0v) is 10.2. The number of nitrogens with two attached hydrogens (primary N) is 1. The summed E-state index contributed by atoms with van der Waals surface area (Å²) in [5, 5.41) is 9.41. The van der Waals surface area contributed by atoms with Gasteiger partial charge < -0.3 is 10.8 Å². The molecule has 88 valence electrons. The molecule has 0 bridgehead atoms. The first-order valence-corrected chi connectivity index (χ1v) is 5.94. The van der Waals surface area contributed by atoms with Crippen molar-refractivity contribution in [1.82, 2.24) is 0 Å². The van der Waals surface area contributed by atoms with Crippen molar-refractivity contribution < 1.29 is 5.11 Å². The molecule has 1 aliphatic rings. The van der Waals surface area contributed by atoms with Gasteiger partial charge >= 0.3 is 0 Å². The summed E-state index contributed by atoms with van der Waals surface area (Å²) in [6, 6.07) is 8.52. The summed E-state index contributed by atoms with van der Waals surface area (Å²) in [4.78, 5) is 0.